The molecular formula is C16H18N4O. The monoisotopic (exact) mass is 282 g/mol. The Morgan fingerprint density at radius 1 is 1.00 bits per heavy atom. The Hall–Kier alpha value is -2.14. The number of anilines is 3. The van der Waals surface area contributed by atoms with E-state index in [1.54, 1.807) is 18.5 Å². The minimum atomic E-state index is 0.416. The van der Waals surface area contributed by atoms with E-state index in [0.717, 1.165) is 18.8 Å². The summed E-state index contributed by atoms with van der Waals surface area (Å²) in [6, 6.07) is 10.2. The highest BCUT2D eigenvalue weighted by molar-refractivity contribution is 5.59. The Balaban J connectivity index is 1.46. The molecule has 0 aliphatic carbocycles. The van der Waals surface area contributed by atoms with Crippen LogP contribution in [0.15, 0.2) is 42.7 Å². The second-order valence-corrected chi connectivity index (χ2v) is 5.61. The molecule has 0 spiro atoms. The Kier molecular flexibility index (Phi) is 3.20. The number of ether oxygens (including phenoxy) is 1. The summed E-state index contributed by atoms with van der Waals surface area (Å²) in [5, 5.41) is 3.20. The van der Waals surface area contributed by atoms with Gasteiger partial charge in [-0.1, -0.05) is 0 Å². The number of nitrogens with zero attached hydrogens (tertiary/aromatic N) is 3. The largest absolute Gasteiger partial charge is 0.371 e. The van der Waals surface area contributed by atoms with Crippen LogP contribution in [0.25, 0.3) is 0 Å². The quantitative estimate of drug-likeness (QED) is 0.937. The van der Waals surface area contributed by atoms with Crippen molar-refractivity contribution >= 4 is 17.3 Å². The van der Waals surface area contributed by atoms with Crippen LogP contribution in [0, 0.1) is 0 Å². The van der Waals surface area contributed by atoms with Gasteiger partial charge in [-0.05, 0) is 43.2 Å². The third-order valence-electron chi connectivity index (χ3n) is 4.10. The van der Waals surface area contributed by atoms with E-state index in [0.29, 0.717) is 18.2 Å². The van der Waals surface area contributed by atoms with Crippen LogP contribution in [0.2, 0.25) is 0 Å². The van der Waals surface area contributed by atoms with E-state index in [9.17, 15) is 0 Å². The van der Waals surface area contributed by atoms with E-state index < -0.39 is 0 Å². The van der Waals surface area contributed by atoms with Gasteiger partial charge in [0.15, 0.2) is 0 Å². The molecule has 0 amide bonds. The number of morpholine rings is 1. The minimum Gasteiger partial charge on any atom is -0.371 e. The van der Waals surface area contributed by atoms with Crippen LogP contribution in [0.3, 0.4) is 0 Å². The Labute approximate surface area is 124 Å². The van der Waals surface area contributed by atoms with E-state index in [4.69, 9.17) is 4.74 Å². The lowest BCUT2D eigenvalue weighted by atomic mass is 10.2. The first-order valence-corrected chi connectivity index (χ1v) is 7.41. The van der Waals surface area contributed by atoms with Crippen molar-refractivity contribution in [3.05, 3.63) is 42.7 Å². The lowest BCUT2D eigenvalue weighted by Gasteiger charge is -2.33. The molecule has 2 atom stereocenters. The minimum absolute atomic E-state index is 0.416. The number of benzene rings is 1. The first kappa shape index (κ1) is 12.6. The third-order valence-corrected chi connectivity index (χ3v) is 4.10. The third kappa shape index (κ3) is 2.69. The van der Waals surface area contributed by atoms with Gasteiger partial charge in [-0.3, -0.25) is 0 Å². The molecular weight excluding hydrogens is 264 g/mol. The molecule has 1 N–H and O–H groups in total. The normalized spacial score (nSPS) is 24.1. The molecule has 1 aromatic carbocycles. The molecule has 2 fully saturated rings. The molecule has 0 radical (unpaired) electrons. The molecule has 2 aromatic rings. The van der Waals surface area contributed by atoms with E-state index in [1.807, 2.05) is 0 Å². The average Bonchev–Trinajstić information content (AvgIpc) is 2.87. The summed E-state index contributed by atoms with van der Waals surface area (Å²) in [6.45, 7) is 2.01. The first-order chi connectivity index (χ1) is 10.4. The standard InChI is InChI=1S/C16H18N4O/c1-8-17-16(18-9-1)19-12-2-4-13(5-3-12)20-10-14-6-7-15(11-20)21-14/h1-5,8-9,14-15H,6-7,10-11H2,(H,17,18,19). The second kappa shape index (κ2) is 5.33. The molecule has 2 aliphatic heterocycles. The van der Waals surface area contributed by atoms with Crippen molar-refractivity contribution in [2.24, 2.45) is 0 Å². The summed E-state index contributed by atoms with van der Waals surface area (Å²) in [5.41, 5.74) is 2.26. The van der Waals surface area contributed by atoms with Crippen molar-refractivity contribution in [1.82, 2.24) is 9.97 Å². The summed E-state index contributed by atoms with van der Waals surface area (Å²) in [5.74, 6) is 0.620. The lowest BCUT2D eigenvalue weighted by molar-refractivity contribution is 0.0305. The van der Waals surface area contributed by atoms with Crippen molar-refractivity contribution in [3.63, 3.8) is 0 Å². The highest BCUT2D eigenvalue weighted by atomic mass is 16.5. The second-order valence-electron chi connectivity index (χ2n) is 5.61. The SMILES string of the molecule is c1cnc(Nc2ccc(N3CC4CCC(C3)O4)cc2)nc1. The van der Waals surface area contributed by atoms with Crippen LogP contribution < -0.4 is 10.2 Å². The topological polar surface area (TPSA) is 50.3 Å². The maximum atomic E-state index is 5.88. The van der Waals surface area contributed by atoms with E-state index >= 15 is 0 Å². The maximum absolute atomic E-state index is 5.88. The number of nitrogens with one attached hydrogen (secondary N) is 1. The number of hydrogen-bond acceptors (Lipinski definition) is 5. The molecule has 108 valence electrons. The van der Waals surface area contributed by atoms with Crippen LogP contribution in [-0.4, -0.2) is 35.3 Å². The van der Waals surface area contributed by atoms with Crippen molar-refractivity contribution in [2.45, 2.75) is 25.0 Å². The zero-order chi connectivity index (χ0) is 14.1. The van der Waals surface area contributed by atoms with Crippen molar-refractivity contribution in [2.75, 3.05) is 23.3 Å². The Morgan fingerprint density at radius 3 is 2.33 bits per heavy atom. The molecule has 2 bridgehead atoms. The zero-order valence-corrected chi connectivity index (χ0v) is 11.8. The molecule has 1 aromatic heterocycles. The van der Waals surface area contributed by atoms with Crippen LogP contribution in [0.5, 0.6) is 0 Å². The van der Waals surface area contributed by atoms with Crippen LogP contribution >= 0.6 is 0 Å². The number of aromatic nitrogens is 2. The molecule has 4 rings (SSSR count). The van der Waals surface area contributed by atoms with Gasteiger partial charge in [0.05, 0.1) is 12.2 Å². The average molecular weight is 282 g/mol. The fourth-order valence-electron chi connectivity index (χ4n) is 3.07. The predicted octanol–water partition coefficient (Wildman–Crippen LogP) is 2.59. The van der Waals surface area contributed by atoms with Crippen LogP contribution in [0.1, 0.15) is 12.8 Å². The number of hydrogen-bond donors (Lipinski definition) is 1. The number of rotatable bonds is 3. The molecule has 2 unspecified atom stereocenters. The van der Waals surface area contributed by atoms with Gasteiger partial charge in [0, 0.05) is 36.9 Å². The van der Waals surface area contributed by atoms with E-state index in [2.05, 4.69) is 44.5 Å². The molecule has 3 heterocycles. The summed E-state index contributed by atoms with van der Waals surface area (Å²) in [4.78, 5) is 10.8. The van der Waals surface area contributed by atoms with Gasteiger partial charge in [0.1, 0.15) is 0 Å². The summed E-state index contributed by atoms with van der Waals surface area (Å²) < 4.78 is 5.88. The van der Waals surface area contributed by atoms with Crippen LogP contribution in [-0.2, 0) is 4.74 Å². The molecule has 2 aliphatic rings. The van der Waals surface area contributed by atoms with Crippen LogP contribution in [0.4, 0.5) is 17.3 Å². The molecule has 0 saturated carbocycles. The Bertz CT molecular complexity index is 589. The summed E-state index contributed by atoms with van der Waals surface area (Å²) in [7, 11) is 0. The fourth-order valence-corrected chi connectivity index (χ4v) is 3.07. The summed E-state index contributed by atoms with van der Waals surface area (Å²) >= 11 is 0. The highest BCUT2D eigenvalue weighted by Crippen LogP contribution is 2.30. The van der Waals surface area contributed by atoms with Gasteiger partial charge < -0.3 is 15.0 Å². The van der Waals surface area contributed by atoms with Gasteiger partial charge in [-0.25, -0.2) is 9.97 Å². The molecule has 2 saturated heterocycles. The van der Waals surface area contributed by atoms with E-state index in [1.165, 1.54) is 18.5 Å². The first-order valence-electron chi connectivity index (χ1n) is 7.41. The van der Waals surface area contributed by atoms with Crippen molar-refractivity contribution in [3.8, 4) is 0 Å². The predicted molar refractivity (Wildman–Crippen MR) is 81.9 cm³/mol. The van der Waals surface area contributed by atoms with E-state index in [-0.39, 0.29) is 0 Å². The highest BCUT2D eigenvalue weighted by Gasteiger charge is 2.33. The molecule has 5 nitrogen and oxygen atoms in total. The van der Waals surface area contributed by atoms with Gasteiger partial charge in [0.2, 0.25) is 5.95 Å². The van der Waals surface area contributed by atoms with Gasteiger partial charge in [-0.15, -0.1) is 0 Å². The smallest absolute Gasteiger partial charge is 0.227 e. The fraction of sp³-hybridized carbons (Fsp3) is 0.375. The van der Waals surface area contributed by atoms with Crippen molar-refractivity contribution < 1.29 is 4.74 Å². The summed E-state index contributed by atoms with van der Waals surface area (Å²) in [6.07, 6.45) is 6.69. The molecule has 5 heteroatoms. The maximum Gasteiger partial charge on any atom is 0.227 e. The van der Waals surface area contributed by atoms with Crippen molar-refractivity contribution in [1.29, 1.82) is 0 Å². The van der Waals surface area contributed by atoms with Gasteiger partial charge in [0.25, 0.3) is 0 Å². The number of fused-ring (bicyclic) bond motifs is 2. The Morgan fingerprint density at radius 2 is 1.67 bits per heavy atom. The molecule has 21 heavy (non-hydrogen) atoms. The zero-order valence-electron chi connectivity index (χ0n) is 11.8. The lowest BCUT2D eigenvalue weighted by Crippen LogP contribution is -2.42. The van der Waals surface area contributed by atoms with Gasteiger partial charge in [-0.2, -0.15) is 0 Å². The van der Waals surface area contributed by atoms with Gasteiger partial charge >= 0.3 is 0 Å².